The van der Waals surface area contributed by atoms with Gasteiger partial charge in [0.25, 0.3) is 0 Å². The average Bonchev–Trinajstić information content (AvgIpc) is 2.37. The minimum Gasteiger partial charge on any atom is -0.382 e. The standard InChI is InChI=1S/C14H28N2O2S/c1-14(2,3)12-6-11-19-13(16-12)15-7-5-8-18-10-9-17-4/h12H,5-11H2,1-4H3,(H,15,16). The van der Waals surface area contributed by atoms with Crippen LogP contribution in [0.5, 0.6) is 0 Å². The molecular formula is C14H28N2O2S. The van der Waals surface area contributed by atoms with E-state index < -0.39 is 0 Å². The van der Waals surface area contributed by atoms with Crippen LogP contribution in [0.2, 0.25) is 0 Å². The molecule has 0 aromatic heterocycles. The van der Waals surface area contributed by atoms with Crippen molar-refractivity contribution in [3.05, 3.63) is 0 Å². The number of hydrogen-bond donors (Lipinski definition) is 1. The smallest absolute Gasteiger partial charge is 0.156 e. The van der Waals surface area contributed by atoms with E-state index in [0.29, 0.717) is 24.7 Å². The third-order valence-corrected chi connectivity index (χ3v) is 4.08. The second-order valence-corrected chi connectivity index (χ2v) is 6.93. The van der Waals surface area contributed by atoms with E-state index in [-0.39, 0.29) is 0 Å². The summed E-state index contributed by atoms with van der Waals surface area (Å²) in [5.41, 5.74) is 0.297. The highest BCUT2D eigenvalue weighted by molar-refractivity contribution is 8.13. The lowest BCUT2D eigenvalue weighted by molar-refractivity contribution is 0.0702. The number of thioether (sulfide) groups is 1. The molecule has 0 radical (unpaired) electrons. The SMILES string of the molecule is COCCOCCCN=C1NC(C(C)(C)C)CCS1. The Morgan fingerprint density at radius 3 is 2.79 bits per heavy atom. The highest BCUT2D eigenvalue weighted by Gasteiger charge is 2.28. The summed E-state index contributed by atoms with van der Waals surface area (Å²) in [6.07, 6.45) is 2.18. The Morgan fingerprint density at radius 1 is 1.32 bits per heavy atom. The number of rotatable bonds is 7. The van der Waals surface area contributed by atoms with Crippen molar-refractivity contribution in [2.75, 3.05) is 39.2 Å². The van der Waals surface area contributed by atoms with Crippen LogP contribution in [-0.4, -0.2) is 50.4 Å². The lowest BCUT2D eigenvalue weighted by atomic mass is 9.85. The van der Waals surface area contributed by atoms with Crippen molar-refractivity contribution in [3.63, 3.8) is 0 Å². The van der Waals surface area contributed by atoms with E-state index in [1.165, 1.54) is 6.42 Å². The van der Waals surface area contributed by atoms with Gasteiger partial charge in [0.05, 0.1) is 13.2 Å². The third-order valence-electron chi connectivity index (χ3n) is 3.12. The van der Waals surface area contributed by atoms with Gasteiger partial charge in [-0.05, 0) is 18.3 Å². The van der Waals surface area contributed by atoms with Gasteiger partial charge >= 0.3 is 0 Å². The molecule has 1 saturated heterocycles. The molecule has 1 fully saturated rings. The number of nitrogens with zero attached hydrogens (tertiary/aromatic N) is 1. The highest BCUT2D eigenvalue weighted by Crippen LogP contribution is 2.27. The van der Waals surface area contributed by atoms with E-state index in [4.69, 9.17) is 9.47 Å². The number of ether oxygens (including phenoxy) is 2. The summed E-state index contributed by atoms with van der Waals surface area (Å²) in [5.74, 6) is 1.16. The average molecular weight is 288 g/mol. The summed E-state index contributed by atoms with van der Waals surface area (Å²) < 4.78 is 10.3. The number of aliphatic imine (C=N–C) groups is 1. The molecule has 0 saturated carbocycles. The van der Waals surface area contributed by atoms with Crippen molar-refractivity contribution >= 4 is 16.9 Å². The van der Waals surface area contributed by atoms with Crippen LogP contribution < -0.4 is 5.32 Å². The van der Waals surface area contributed by atoms with Gasteiger partial charge in [0.15, 0.2) is 5.17 Å². The topological polar surface area (TPSA) is 42.9 Å². The molecule has 1 unspecified atom stereocenters. The van der Waals surface area contributed by atoms with Crippen LogP contribution in [0.3, 0.4) is 0 Å². The zero-order valence-electron chi connectivity index (χ0n) is 12.7. The van der Waals surface area contributed by atoms with Gasteiger partial charge < -0.3 is 14.8 Å². The van der Waals surface area contributed by atoms with Gasteiger partial charge in [-0.2, -0.15) is 0 Å². The van der Waals surface area contributed by atoms with Gasteiger partial charge in [-0.3, -0.25) is 4.99 Å². The molecule has 0 bridgehead atoms. The highest BCUT2D eigenvalue weighted by atomic mass is 32.2. The molecule has 1 N–H and O–H groups in total. The Bertz CT molecular complexity index is 277. The fourth-order valence-electron chi connectivity index (χ4n) is 1.87. The predicted octanol–water partition coefficient (Wildman–Crippen LogP) is 2.54. The summed E-state index contributed by atoms with van der Waals surface area (Å²) in [4.78, 5) is 4.62. The van der Waals surface area contributed by atoms with E-state index in [2.05, 4.69) is 31.1 Å². The van der Waals surface area contributed by atoms with Crippen LogP contribution in [0, 0.1) is 5.41 Å². The summed E-state index contributed by atoms with van der Waals surface area (Å²) in [5, 5.41) is 4.66. The normalized spacial score (nSPS) is 22.5. The molecule has 1 aliphatic heterocycles. The molecule has 1 atom stereocenters. The predicted molar refractivity (Wildman–Crippen MR) is 83.1 cm³/mol. The van der Waals surface area contributed by atoms with E-state index in [9.17, 15) is 0 Å². The maximum Gasteiger partial charge on any atom is 0.156 e. The zero-order valence-corrected chi connectivity index (χ0v) is 13.5. The van der Waals surface area contributed by atoms with Gasteiger partial charge in [0, 0.05) is 32.1 Å². The second-order valence-electron chi connectivity index (χ2n) is 5.85. The first-order valence-electron chi connectivity index (χ1n) is 7.04. The molecular weight excluding hydrogens is 260 g/mol. The molecule has 0 aromatic carbocycles. The molecule has 0 amide bonds. The summed E-state index contributed by atoms with van der Waals surface area (Å²) in [7, 11) is 1.69. The largest absolute Gasteiger partial charge is 0.382 e. The Labute approximate surface area is 121 Å². The number of nitrogens with one attached hydrogen (secondary N) is 1. The van der Waals surface area contributed by atoms with Crippen molar-refractivity contribution < 1.29 is 9.47 Å². The van der Waals surface area contributed by atoms with Crippen LogP contribution >= 0.6 is 11.8 Å². The van der Waals surface area contributed by atoms with Crippen LogP contribution in [0.1, 0.15) is 33.6 Å². The van der Waals surface area contributed by atoms with Crippen molar-refractivity contribution in [1.82, 2.24) is 5.32 Å². The quantitative estimate of drug-likeness (QED) is 0.731. The minimum absolute atomic E-state index is 0.297. The maximum atomic E-state index is 5.42. The van der Waals surface area contributed by atoms with E-state index in [1.807, 2.05) is 11.8 Å². The number of amidine groups is 1. The van der Waals surface area contributed by atoms with Crippen molar-refractivity contribution in [2.24, 2.45) is 10.4 Å². The van der Waals surface area contributed by atoms with Crippen molar-refractivity contribution in [2.45, 2.75) is 39.7 Å². The number of hydrogen-bond acceptors (Lipinski definition) is 4. The lowest BCUT2D eigenvalue weighted by Crippen LogP contribution is -2.46. The summed E-state index contributed by atoms with van der Waals surface area (Å²) in [6, 6.07) is 0.533. The molecule has 112 valence electrons. The van der Waals surface area contributed by atoms with Crippen molar-refractivity contribution in [3.8, 4) is 0 Å². The molecule has 4 nitrogen and oxygen atoms in total. The Balaban J connectivity index is 2.18. The molecule has 19 heavy (non-hydrogen) atoms. The summed E-state index contributed by atoms with van der Waals surface area (Å²) in [6.45, 7) is 9.77. The summed E-state index contributed by atoms with van der Waals surface area (Å²) >= 11 is 1.83. The molecule has 0 spiro atoms. The third kappa shape index (κ3) is 7.18. The molecule has 1 rings (SSSR count). The Kier molecular flexibility index (Phi) is 7.80. The lowest BCUT2D eigenvalue weighted by Gasteiger charge is -2.35. The monoisotopic (exact) mass is 288 g/mol. The van der Waals surface area contributed by atoms with Crippen LogP contribution in [0.25, 0.3) is 0 Å². The Hall–Kier alpha value is -0.260. The Morgan fingerprint density at radius 2 is 2.11 bits per heavy atom. The van der Waals surface area contributed by atoms with E-state index in [0.717, 1.165) is 30.5 Å². The molecule has 1 aliphatic rings. The van der Waals surface area contributed by atoms with Gasteiger partial charge in [0.2, 0.25) is 0 Å². The van der Waals surface area contributed by atoms with Crippen molar-refractivity contribution in [1.29, 1.82) is 0 Å². The van der Waals surface area contributed by atoms with Gasteiger partial charge in [-0.1, -0.05) is 32.5 Å². The first-order chi connectivity index (χ1) is 9.04. The van der Waals surface area contributed by atoms with Crippen LogP contribution in [0.15, 0.2) is 4.99 Å². The van der Waals surface area contributed by atoms with E-state index >= 15 is 0 Å². The second kappa shape index (κ2) is 8.82. The van der Waals surface area contributed by atoms with Gasteiger partial charge in [-0.15, -0.1) is 0 Å². The first-order valence-corrected chi connectivity index (χ1v) is 8.03. The zero-order chi connectivity index (χ0) is 14.1. The molecule has 0 aromatic rings. The fourth-order valence-corrected chi connectivity index (χ4v) is 2.82. The number of methoxy groups -OCH3 is 1. The van der Waals surface area contributed by atoms with Crippen LogP contribution in [-0.2, 0) is 9.47 Å². The van der Waals surface area contributed by atoms with Gasteiger partial charge in [-0.25, -0.2) is 0 Å². The van der Waals surface area contributed by atoms with E-state index in [1.54, 1.807) is 7.11 Å². The first kappa shape index (κ1) is 16.8. The molecule has 5 heteroatoms. The molecule has 0 aliphatic carbocycles. The molecule has 1 heterocycles. The van der Waals surface area contributed by atoms with Gasteiger partial charge in [0.1, 0.15) is 0 Å². The minimum atomic E-state index is 0.297. The van der Waals surface area contributed by atoms with Crippen LogP contribution in [0.4, 0.5) is 0 Å². The maximum absolute atomic E-state index is 5.42. The fraction of sp³-hybridized carbons (Fsp3) is 0.929.